The van der Waals surface area contributed by atoms with E-state index in [9.17, 15) is 14.7 Å². The number of thioether (sulfide) groups is 1. The number of rotatable bonds is 4. The molecule has 0 spiro atoms. The van der Waals surface area contributed by atoms with Gasteiger partial charge in [0.15, 0.2) is 5.69 Å². The summed E-state index contributed by atoms with van der Waals surface area (Å²) in [6.45, 7) is 0. The zero-order chi connectivity index (χ0) is 21.3. The van der Waals surface area contributed by atoms with E-state index >= 15 is 0 Å². The summed E-state index contributed by atoms with van der Waals surface area (Å²) in [6, 6.07) is 12.6. The second-order valence-electron chi connectivity index (χ2n) is 6.31. The molecule has 3 N–H and O–H groups in total. The summed E-state index contributed by atoms with van der Waals surface area (Å²) in [4.78, 5) is 31.1. The molecule has 1 aliphatic rings. The van der Waals surface area contributed by atoms with E-state index in [-0.39, 0.29) is 29.1 Å². The summed E-state index contributed by atoms with van der Waals surface area (Å²) in [6.07, 6.45) is -0.0344. The lowest BCUT2D eigenvalue weighted by Crippen LogP contribution is -2.21. The maximum atomic E-state index is 12.2. The van der Waals surface area contributed by atoms with Crippen molar-refractivity contribution in [1.82, 2.24) is 4.98 Å². The van der Waals surface area contributed by atoms with E-state index in [4.69, 9.17) is 0 Å². The summed E-state index contributed by atoms with van der Waals surface area (Å²) in [7, 11) is 0. The first-order valence-corrected chi connectivity index (χ1v) is 11.1. The molecule has 0 bridgehead atoms. The molecule has 1 atom stereocenters. The van der Waals surface area contributed by atoms with Gasteiger partial charge in [-0.1, -0.05) is 43.6 Å². The summed E-state index contributed by atoms with van der Waals surface area (Å²) in [5, 5.41) is 21.0. The molecule has 152 valence electrons. The largest absolute Gasteiger partial charge is 0.493 e. The predicted octanol–water partition coefficient (Wildman–Crippen LogP) is 5.51. The quantitative estimate of drug-likeness (QED) is 0.371. The Balaban J connectivity index is 1.42. The smallest absolute Gasteiger partial charge is 0.262 e. The lowest BCUT2D eigenvalue weighted by atomic mass is 10.2. The molecule has 1 unspecified atom stereocenters. The Morgan fingerprint density at radius 2 is 1.90 bits per heavy atom. The van der Waals surface area contributed by atoms with Crippen LogP contribution in [0.1, 0.15) is 6.42 Å². The zero-order valence-electron chi connectivity index (χ0n) is 15.1. The first kappa shape index (κ1) is 20.8. The average Bonchev–Trinajstić information content (AvgIpc) is 3.20. The summed E-state index contributed by atoms with van der Waals surface area (Å²) in [5.74, 6) is -0.867. The van der Waals surface area contributed by atoms with Crippen molar-refractivity contribution in [2.24, 2.45) is 15.2 Å². The van der Waals surface area contributed by atoms with Gasteiger partial charge < -0.3 is 15.4 Å². The molecule has 4 rings (SSSR count). The van der Waals surface area contributed by atoms with Crippen LogP contribution < -0.4 is 5.32 Å². The molecule has 0 saturated heterocycles. The van der Waals surface area contributed by atoms with Gasteiger partial charge in [0.2, 0.25) is 17.0 Å². The van der Waals surface area contributed by atoms with Crippen LogP contribution in [0.15, 0.2) is 66.6 Å². The van der Waals surface area contributed by atoms with Gasteiger partial charge in [-0.05, 0) is 42.5 Å². The van der Waals surface area contributed by atoms with E-state index in [1.165, 1.54) is 0 Å². The van der Waals surface area contributed by atoms with Gasteiger partial charge in [0.25, 0.3) is 5.91 Å². The van der Waals surface area contributed by atoms with Gasteiger partial charge in [-0.15, -0.1) is 10.2 Å². The highest BCUT2D eigenvalue weighted by Crippen LogP contribution is 2.37. The Kier molecular flexibility index (Phi) is 6.02. The standard InChI is InChI=1S/C19H13Br2N5O3S/c20-9-1-4-11(5-2-9)22-15(27)8-14-17(28)24-19(30-14)26-25-16-12-7-10(21)3-6-13(12)23-18(16)29/h1-7,14,23,29H,8H2,(H,22,27). The lowest BCUT2D eigenvalue weighted by Gasteiger charge is -2.07. The summed E-state index contributed by atoms with van der Waals surface area (Å²) >= 11 is 7.78. The molecule has 2 heterocycles. The lowest BCUT2D eigenvalue weighted by molar-refractivity contribution is -0.121. The van der Waals surface area contributed by atoms with Crippen molar-refractivity contribution in [2.45, 2.75) is 11.7 Å². The number of carbonyl (C=O) groups is 2. The van der Waals surface area contributed by atoms with Crippen molar-refractivity contribution in [1.29, 1.82) is 0 Å². The highest BCUT2D eigenvalue weighted by Gasteiger charge is 2.31. The predicted molar refractivity (Wildman–Crippen MR) is 123 cm³/mol. The third-order valence-corrected chi connectivity index (χ3v) is 6.24. The number of fused-ring (bicyclic) bond motifs is 1. The summed E-state index contributed by atoms with van der Waals surface area (Å²) in [5.41, 5.74) is 1.59. The van der Waals surface area contributed by atoms with Gasteiger partial charge in [0, 0.05) is 26.4 Å². The Bertz CT molecular complexity index is 1210. The maximum Gasteiger partial charge on any atom is 0.262 e. The number of amides is 2. The van der Waals surface area contributed by atoms with Crippen LogP contribution in [-0.4, -0.2) is 32.3 Å². The van der Waals surface area contributed by atoms with E-state index < -0.39 is 11.2 Å². The number of halogens is 2. The number of H-pyrrole nitrogens is 1. The topological polar surface area (TPSA) is 119 Å². The van der Waals surface area contributed by atoms with Crippen LogP contribution in [0, 0.1) is 0 Å². The van der Waals surface area contributed by atoms with Crippen LogP contribution in [0.5, 0.6) is 5.88 Å². The van der Waals surface area contributed by atoms with E-state index in [1.807, 2.05) is 18.2 Å². The molecule has 8 nitrogen and oxygen atoms in total. The first-order chi connectivity index (χ1) is 14.4. The number of azo groups is 1. The number of carbonyl (C=O) groups excluding carboxylic acids is 2. The monoisotopic (exact) mass is 549 g/mol. The molecule has 0 aliphatic carbocycles. The van der Waals surface area contributed by atoms with Gasteiger partial charge >= 0.3 is 0 Å². The molecule has 30 heavy (non-hydrogen) atoms. The first-order valence-electron chi connectivity index (χ1n) is 8.65. The average molecular weight is 551 g/mol. The Morgan fingerprint density at radius 3 is 2.67 bits per heavy atom. The van der Waals surface area contributed by atoms with Gasteiger partial charge in [-0.2, -0.15) is 4.99 Å². The highest BCUT2D eigenvalue weighted by atomic mass is 79.9. The van der Waals surface area contributed by atoms with Crippen LogP contribution in [0.4, 0.5) is 11.4 Å². The minimum Gasteiger partial charge on any atom is -0.493 e. The SMILES string of the molecule is O=C(CC1SC(N=Nc2c(O)[nH]c3ccc(Br)cc23)=NC1=O)Nc1ccc(Br)cc1. The molecule has 0 radical (unpaired) electrons. The Morgan fingerprint density at radius 1 is 1.17 bits per heavy atom. The third kappa shape index (κ3) is 4.63. The number of anilines is 1. The number of nitrogens with one attached hydrogen (secondary N) is 2. The van der Waals surface area contributed by atoms with E-state index in [0.29, 0.717) is 16.6 Å². The van der Waals surface area contributed by atoms with Gasteiger partial charge in [-0.25, -0.2) is 0 Å². The number of aromatic hydroxyl groups is 1. The normalized spacial score (nSPS) is 16.4. The fourth-order valence-electron chi connectivity index (χ4n) is 2.79. The van der Waals surface area contributed by atoms with Crippen molar-refractivity contribution < 1.29 is 14.7 Å². The number of hydrogen-bond acceptors (Lipinski definition) is 6. The van der Waals surface area contributed by atoms with E-state index in [0.717, 1.165) is 20.7 Å². The second kappa shape index (κ2) is 8.70. The van der Waals surface area contributed by atoms with Gasteiger partial charge in [-0.3, -0.25) is 9.59 Å². The van der Waals surface area contributed by atoms with E-state index in [2.05, 4.69) is 57.4 Å². The van der Waals surface area contributed by atoms with Gasteiger partial charge in [0.05, 0.1) is 5.52 Å². The van der Waals surface area contributed by atoms with Crippen molar-refractivity contribution in [3.63, 3.8) is 0 Å². The summed E-state index contributed by atoms with van der Waals surface area (Å²) < 4.78 is 1.73. The van der Waals surface area contributed by atoms with Crippen molar-refractivity contribution in [3.05, 3.63) is 51.4 Å². The van der Waals surface area contributed by atoms with Gasteiger partial charge in [0.1, 0.15) is 5.25 Å². The number of benzene rings is 2. The van der Waals surface area contributed by atoms with E-state index in [1.54, 1.807) is 24.3 Å². The fraction of sp³-hybridized carbons (Fsp3) is 0.105. The van der Waals surface area contributed by atoms with Crippen molar-refractivity contribution in [2.75, 3.05) is 5.32 Å². The molecule has 3 aromatic rings. The van der Waals surface area contributed by atoms with Crippen molar-refractivity contribution in [3.8, 4) is 5.88 Å². The number of aromatic amines is 1. The van der Waals surface area contributed by atoms with Crippen LogP contribution in [0.2, 0.25) is 0 Å². The molecule has 1 aromatic heterocycles. The number of hydrogen-bond donors (Lipinski definition) is 3. The minimum atomic E-state index is -0.667. The third-order valence-electron chi connectivity index (χ3n) is 4.18. The number of amidine groups is 1. The van der Waals surface area contributed by atoms with Crippen LogP contribution >= 0.6 is 43.6 Å². The highest BCUT2D eigenvalue weighted by molar-refractivity contribution is 9.10. The number of aromatic nitrogens is 1. The van der Waals surface area contributed by atoms with Crippen LogP contribution in [0.25, 0.3) is 10.9 Å². The minimum absolute atomic E-state index is 0.0344. The molecular weight excluding hydrogens is 538 g/mol. The number of aliphatic imine (C=N–C) groups is 1. The van der Waals surface area contributed by atoms with Crippen LogP contribution in [-0.2, 0) is 9.59 Å². The zero-order valence-corrected chi connectivity index (χ0v) is 19.1. The molecule has 11 heteroatoms. The fourth-order valence-corrected chi connectivity index (χ4v) is 4.29. The molecular formula is C19H13Br2N5O3S. The Hall–Kier alpha value is -2.50. The molecule has 0 fully saturated rings. The second-order valence-corrected chi connectivity index (χ2v) is 9.31. The van der Waals surface area contributed by atoms with Crippen LogP contribution in [0.3, 0.4) is 0 Å². The van der Waals surface area contributed by atoms with Crippen molar-refractivity contribution >= 4 is 82.9 Å². The Labute approximate surface area is 191 Å². The molecule has 1 aliphatic heterocycles. The molecule has 0 saturated carbocycles. The molecule has 2 amide bonds. The maximum absolute atomic E-state index is 12.2. The molecule has 2 aromatic carbocycles. The number of nitrogens with zero attached hydrogens (tertiary/aromatic N) is 3.